The molecule has 0 bridgehead atoms. The Kier molecular flexibility index (Phi) is 4.90. The molecule has 3 rings (SSSR count). The smallest absolute Gasteiger partial charge is 0.129 e. The number of hydrogen-bond donors (Lipinski definition) is 1. The first-order valence-corrected chi connectivity index (χ1v) is 8.09. The zero-order chi connectivity index (χ0) is 15.4. The van der Waals surface area contributed by atoms with Crippen LogP contribution in [0.15, 0.2) is 36.7 Å². The third-order valence-corrected chi connectivity index (χ3v) is 4.31. The first-order chi connectivity index (χ1) is 10.7. The van der Waals surface area contributed by atoms with E-state index in [1.165, 1.54) is 5.56 Å². The van der Waals surface area contributed by atoms with Crippen molar-refractivity contribution in [3.05, 3.63) is 52.9 Å². The molecule has 1 aliphatic heterocycles. The summed E-state index contributed by atoms with van der Waals surface area (Å²) in [7, 11) is 0. The van der Waals surface area contributed by atoms with Gasteiger partial charge in [-0.2, -0.15) is 0 Å². The number of anilines is 1. The maximum absolute atomic E-state index is 5.93. The largest absolute Gasteiger partial charge is 0.367 e. The molecule has 0 atom stereocenters. The number of aromatic nitrogens is 2. The van der Waals surface area contributed by atoms with E-state index in [4.69, 9.17) is 11.6 Å². The van der Waals surface area contributed by atoms with E-state index in [0.717, 1.165) is 49.0 Å². The second kappa shape index (κ2) is 7.07. The monoisotopic (exact) mass is 316 g/mol. The number of hydrogen-bond acceptors (Lipinski definition) is 4. The maximum atomic E-state index is 5.93. The van der Waals surface area contributed by atoms with Crippen LogP contribution in [0.4, 0.5) is 5.82 Å². The van der Waals surface area contributed by atoms with E-state index in [0.29, 0.717) is 6.04 Å². The lowest BCUT2D eigenvalue weighted by atomic mass is 10.0. The SMILES string of the molecule is Cc1cc(NC2CCN(Cc3ccc(Cl)cc3)CC2)ncn1. The summed E-state index contributed by atoms with van der Waals surface area (Å²) >= 11 is 5.93. The van der Waals surface area contributed by atoms with Gasteiger partial charge >= 0.3 is 0 Å². The van der Waals surface area contributed by atoms with E-state index in [-0.39, 0.29) is 0 Å². The van der Waals surface area contributed by atoms with Gasteiger partial charge in [0.05, 0.1) is 0 Å². The zero-order valence-corrected chi connectivity index (χ0v) is 13.6. The Balaban J connectivity index is 1.49. The Morgan fingerprint density at radius 2 is 1.91 bits per heavy atom. The number of piperidine rings is 1. The van der Waals surface area contributed by atoms with Gasteiger partial charge in [0.1, 0.15) is 12.1 Å². The van der Waals surface area contributed by atoms with Gasteiger partial charge in [-0.3, -0.25) is 4.90 Å². The van der Waals surface area contributed by atoms with Crippen LogP contribution in [0.5, 0.6) is 0 Å². The molecule has 22 heavy (non-hydrogen) atoms. The normalized spacial score (nSPS) is 16.6. The molecule has 1 aromatic carbocycles. The van der Waals surface area contributed by atoms with Crippen LogP contribution in [0.2, 0.25) is 5.02 Å². The summed E-state index contributed by atoms with van der Waals surface area (Å²) in [6.07, 6.45) is 3.89. The molecule has 116 valence electrons. The van der Waals surface area contributed by atoms with Crippen molar-refractivity contribution in [1.29, 1.82) is 0 Å². The lowest BCUT2D eigenvalue weighted by molar-refractivity contribution is 0.211. The quantitative estimate of drug-likeness (QED) is 0.937. The molecule has 4 nitrogen and oxygen atoms in total. The number of nitrogens with zero attached hydrogens (tertiary/aromatic N) is 3. The number of rotatable bonds is 4. The highest BCUT2D eigenvalue weighted by molar-refractivity contribution is 6.30. The fraction of sp³-hybridized carbons (Fsp3) is 0.412. The highest BCUT2D eigenvalue weighted by atomic mass is 35.5. The molecular weight excluding hydrogens is 296 g/mol. The molecule has 2 aromatic rings. The van der Waals surface area contributed by atoms with Crippen LogP contribution in [-0.4, -0.2) is 34.0 Å². The Morgan fingerprint density at radius 3 is 2.59 bits per heavy atom. The van der Waals surface area contributed by atoms with Crippen LogP contribution in [0.25, 0.3) is 0 Å². The van der Waals surface area contributed by atoms with E-state index >= 15 is 0 Å². The molecule has 0 aliphatic carbocycles. The fourth-order valence-electron chi connectivity index (χ4n) is 2.83. The van der Waals surface area contributed by atoms with Crippen molar-refractivity contribution in [2.24, 2.45) is 0 Å². The molecule has 1 aliphatic rings. The highest BCUT2D eigenvalue weighted by Crippen LogP contribution is 2.18. The predicted molar refractivity (Wildman–Crippen MR) is 90.1 cm³/mol. The van der Waals surface area contributed by atoms with Crippen LogP contribution in [0, 0.1) is 6.92 Å². The van der Waals surface area contributed by atoms with Crippen LogP contribution in [-0.2, 0) is 6.54 Å². The van der Waals surface area contributed by atoms with E-state index in [1.807, 2.05) is 25.1 Å². The van der Waals surface area contributed by atoms with E-state index in [9.17, 15) is 0 Å². The second-order valence-electron chi connectivity index (χ2n) is 5.87. The zero-order valence-electron chi connectivity index (χ0n) is 12.8. The summed E-state index contributed by atoms with van der Waals surface area (Å²) in [5.41, 5.74) is 2.32. The Hall–Kier alpha value is -1.65. The third kappa shape index (κ3) is 4.18. The summed E-state index contributed by atoms with van der Waals surface area (Å²) in [6.45, 7) is 5.19. The molecule has 2 heterocycles. The Labute approximate surface area is 136 Å². The van der Waals surface area contributed by atoms with Gasteiger partial charge in [-0.1, -0.05) is 23.7 Å². The molecule has 0 radical (unpaired) electrons. The van der Waals surface area contributed by atoms with Crippen molar-refractivity contribution in [3.63, 3.8) is 0 Å². The van der Waals surface area contributed by atoms with E-state index in [1.54, 1.807) is 6.33 Å². The first kappa shape index (κ1) is 15.3. The van der Waals surface area contributed by atoms with Crippen molar-refractivity contribution < 1.29 is 0 Å². The van der Waals surface area contributed by atoms with Gasteiger partial charge in [0.2, 0.25) is 0 Å². The number of halogens is 1. The van der Waals surface area contributed by atoms with E-state index in [2.05, 4.69) is 32.3 Å². The summed E-state index contributed by atoms with van der Waals surface area (Å²) in [4.78, 5) is 10.9. The maximum Gasteiger partial charge on any atom is 0.129 e. The predicted octanol–water partition coefficient (Wildman–Crippen LogP) is 3.51. The third-order valence-electron chi connectivity index (χ3n) is 4.06. The molecule has 1 aromatic heterocycles. The number of likely N-dealkylation sites (tertiary alicyclic amines) is 1. The van der Waals surface area contributed by atoms with Crippen molar-refractivity contribution >= 4 is 17.4 Å². The summed E-state index contributed by atoms with van der Waals surface area (Å²) in [6, 6.07) is 10.6. The van der Waals surface area contributed by atoms with Gasteiger partial charge in [0.15, 0.2) is 0 Å². The number of nitrogens with one attached hydrogen (secondary N) is 1. The van der Waals surface area contributed by atoms with Gasteiger partial charge in [-0.25, -0.2) is 9.97 Å². The topological polar surface area (TPSA) is 41.0 Å². The molecular formula is C17H21ClN4. The van der Waals surface area contributed by atoms with Crippen molar-refractivity contribution in [3.8, 4) is 0 Å². The van der Waals surface area contributed by atoms with Crippen molar-refractivity contribution in [2.75, 3.05) is 18.4 Å². The standard InChI is InChI=1S/C17H21ClN4/c1-13-10-17(20-12-19-13)21-16-6-8-22(9-7-16)11-14-2-4-15(18)5-3-14/h2-5,10,12,16H,6-9,11H2,1H3,(H,19,20,21). The summed E-state index contributed by atoms with van der Waals surface area (Å²) < 4.78 is 0. The lowest BCUT2D eigenvalue weighted by Gasteiger charge is -2.32. The molecule has 1 fully saturated rings. The molecule has 0 saturated carbocycles. The van der Waals surface area contributed by atoms with E-state index < -0.39 is 0 Å². The van der Waals surface area contributed by atoms with Gasteiger partial charge in [-0.15, -0.1) is 0 Å². The van der Waals surface area contributed by atoms with Gasteiger partial charge < -0.3 is 5.32 Å². The fourth-order valence-corrected chi connectivity index (χ4v) is 2.95. The van der Waals surface area contributed by atoms with Crippen LogP contribution >= 0.6 is 11.6 Å². The summed E-state index contributed by atoms with van der Waals surface area (Å²) in [5, 5.41) is 4.32. The summed E-state index contributed by atoms with van der Waals surface area (Å²) in [5.74, 6) is 0.934. The minimum Gasteiger partial charge on any atom is -0.367 e. The van der Waals surface area contributed by atoms with Crippen molar-refractivity contribution in [1.82, 2.24) is 14.9 Å². The second-order valence-corrected chi connectivity index (χ2v) is 6.30. The molecule has 1 N–H and O–H groups in total. The Bertz CT molecular complexity index is 606. The number of aryl methyl sites for hydroxylation is 1. The van der Waals surface area contributed by atoms with Gasteiger partial charge in [-0.05, 0) is 37.5 Å². The van der Waals surface area contributed by atoms with Gasteiger partial charge in [0, 0.05) is 42.5 Å². The molecule has 1 saturated heterocycles. The molecule has 0 unspecified atom stereocenters. The Morgan fingerprint density at radius 1 is 1.18 bits per heavy atom. The van der Waals surface area contributed by atoms with Crippen LogP contribution in [0.1, 0.15) is 24.1 Å². The minimum atomic E-state index is 0.496. The highest BCUT2D eigenvalue weighted by Gasteiger charge is 2.19. The molecule has 0 amide bonds. The van der Waals surface area contributed by atoms with Gasteiger partial charge in [0.25, 0.3) is 0 Å². The number of benzene rings is 1. The molecule has 0 spiro atoms. The molecule has 5 heteroatoms. The lowest BCUT2D eigenvalue weighted by Crippen LogP contribution is -2.38. The van der Waals surface area contributed by atoms with Crippen molar-refractivity contribution in [2.45, 2.75) is 32.4 Å². The average molecular weight is 317 g/mol. The minimum absolute atomic E-state index is 0.496. The van der Waals surface area contributed by atoms with Crippen LogP contribution < -0.4 is 5.32 Å². The first-order valence-electron chi connectivity index (χ1n) is 7.71. The average Bonchev–Trinajstić information content (AvgIpc) is 2.52. The van der Waals surface area contributed by atoms with Crippen LogP contribution in [0.3, 0.4) is 0 Å².